The van der Waals surface area contributed by atoms with Gasteiger partial charge in [0.1, 0.15) is 6.04 Å². The molecule has 2 amide bonds. The van der Waals surface area contributed by atoms with Crippen LogP contribution in [0.2, 0.25) is 0 Å². The monoisotopic (exact) mass is 351 g/mol. The largest absolute Gasteiger partial charge is 0.374 e. The Hall–Kier alpha value is -2.82. The molecule has 0 saturated heterocycles. The Kier molecular flexibility index (Phi) is 4.98. The highest BCUT2D eigenvalue weighted by atomic mass is 16.2. The molecule has 136 valence electrons. The van der Waals surface area contributed by atoms with Crippen LogP contribution in [0, 0.1) is 13.8 Å². The standard InChI is InChI=1S/C21H25N3O2/c1-13-6-5-7-14(2)20(13)23-21(26)15(3)22-18-8-9-19-17(12-18)10-11-24(19)16(4)25/h5-9,12,15,22H,10-11H2,1-4H3,(H,23,26)/t15-/m1/s1. The third kappa shape index (κ3) is 3.57. The summed E-state index contributed by atoms with van der Waals surface area (Å²) in [6.45, 7) is 8.12. The lowest BCUT2D eigenvalue weighted by Gasteiger charge is -2.19. The predicted molar refractivity (Wildman–Crippen MR) is 106 cm³/mol. The minimum Gasteiger partial charge on any atom is -0.374 e. The SMILES string of the molecule is CC(=O)N1CCc2cc(N[C@H](C)C(=O)Nc3c(C)cccc3C)ccc21. The molecular weight excluding hydrogens is 326 g/mol. The Morgan fingerprint density at radius 1 is 1.12 bits per heavy atom. The second-order valence-corrected chi connectivity index (χ2v) is 6.89. The molecule has 3 rings (SSSR count). The summed E-state index contributed by atoms with van der Waals surface area (Å²) in [7, 11) is 0. The zero-order chi connectivity index (χ0) is 18.8. The minimum absolute atomic E-state index is 0.0609. The van der Waals surface area contributed by atoms with E-state index in [9.17, 15) is 9.59 Å². The molecule has 5 heteroatoms. The number of fused-ring (bicyclic) bond motifs is 1. The highest BCUT2D eigenvalue weighted by Gasteiger charge is 2.23. The summed E-state index contributed by atoms with van der Waals surface area (Å²) in [6.07, 6.45) is 0.841. The molecule has 0 bridgehead atoms. The zero-order valence-corrected chi connectivity index (χ0v) is 15.7. The lowest BCUT2D eigenvalue weighted by molar-refractivity contribution is -0.117. The lowest BCUT2D eigenvalue weighted by Crippen LogP contribution is -2.32. The molecule has 1 aliphatic rings. The molecule has 1 heterocycles. The van der Waals surface area contributed by atoms with Crippen molar-refractivity contribution in [3.05, 3.63) is 53.1 Å². The maximum absolute atomic E-state index is 12.6. The van der Waals surface area contributed by atoms with Crippen molar-refractivity contribution in [2.24, 2.45) is 0 Å². The molecule has 0 aromatic heterocycles. The fraction of sp³-hybridized carbons (Fsp3) is 0.333. The Morgan fingerprint density at radius 3 is 2.46 bits per heavy atom. The van der Waals surface area contributed by atoms with Crippen LogP contribution in [0.1, 0.15) is 30.5 Å². The second-order valence-electron chi connectivity index (χ2n) is 6.89. The van der Waals surface area contributed by atoms with E-state index < -0.39 is 0 Å². The fourth-order valence-electron chi connectivity index (χ4n) is 3.38. The van der Waals surface area contributed by atoms with Crippen molar-refractivity contribution in [1.29, 1.82) is 0 Å². The minimum atomic E-state index is -0.377. The van der Waals surface area contributed by atoms with Crippen molar-refractivity contribution in [1.82, 2.24) is 0 Å². The van der Waals surface area contributed by atoms with E-state index in [0.717, 1.165) is 46.7 Å². The molecule has 0 spiro atoms. The molecule has 0 aliphatic carbocycles. The number of hydrogen-bond acceptors (Lipinski definition) is 3. The van der Waals surface area contributed by atoms with Crippen molar-refractivity contribution in [2.75, 3.05) is 22.1 Å². The zero-order valence-electron chi connectivity index (χ0n) is 15.7. The Morgan fingerprint density at radius 2 is 1.81 bits per heavy atom. The van der Waals surface area contributed by atoms with Crippen molar-refractivity contribution in [2.45, 2.75) is 40.2 Å². The van der Waals surface area contributed by atoms with Crippen molar-refractivity contribution < 1.29 is 9.59 Å². The number of nitrogens with one attached hydrogen (secondary N) is 2. The third-order valence-corrected chi connectivity index (χ3v) is 4.86. The van der Waals surface area contributed by atoms with Crippen LogP contribution in [-0.2, 0) is 16.0 Å². The summed E-state index contributed by atoms with van der Waals surface area (Å²) in [5, 5.41) is 6.28. The Balaban J connectivity index is 1.69. The summed E-state index contributed by atoms with van der Waals surface area (Å²) in [5.41, 5.74) is 5.96. The van der Waals surface area contributed by atoms with Gasteiger partial charge in [0.2, 0.25) is 11.8 Å². The van der Waals surface area contributed by atoms with Gasteiger partial charge in [-0.15, -0.1) is 0 Å². The first-order chi connectivity index (χ1) is 12.4. The van der Waals surface area contributed by atoms with Crippen molar-refractivity contribution in [3.8, 4) is 0 Å². The summed E-state index contributed by atoms with van der Waals surface area (Å²) >= 11 is 0. The third-order valence-electron chi connectivity index (χ3n) is 4.86. The molecule has 0 fully saturated rings. The lowest BCUT2D eigenvalue weighted by atomic mass is 10.1. The predicted octanol–water partition coefficient (Wildman–Crippen LogP) is 3.65. The van der Waals surface area contributed by atoms with Crippen LogP contribution in [-0.4, -0.2) is 24.4 Å². The van der Waals surface area contributed by atoms with Crippen molar-refractivity contribution >= 4 is 28.9 Å². The molecule has 0 saturated carbocycles. The highest BCUT2D eigenvalue weighted by Crippen LogP contribution is 2.30. The van der Waals surface area contributed by atoms with Gasteiger partial charge in [-0.2, -0.15) is 0 Å². The van der Waals surface area contributed by atoms with Crippen LogP contribution in [0.15, 0.2) is 36.4 Å². The smallest absolute Gasteiger partial charge is 0.246 e. The number of aryl methyl sites for hydroxylation is 2. The van der Waals surface area contributed by atoms with E-state index in [1.807, 2.05) is 57.2 Å². The van der Waals surface area contributed by atoms with Gasteiger partial charge in [0.05, 0.1) is 0 Å². The number of hydrogen-bond donors (Lipinski definition) is 2. The van der Waals surface area contributed by atoms with Crippen LogP contribution >= 0.6 is 0 Å². The normalized spacial score (nSPS) is 13.9. The molecule has 2 N–H and O–H groups in total. The maximum Gasteiger partial charge on any atom is 0.246 e. The summed E-state index contributed by atoms with van der Waals surface area (Å²) in [6, 6.07) is 11.5. The molecule has 26 heavy (non-hydrogen) atoms. The molecule has 1 atom stereocenters. The average molecular weight is 351 g/mol. The van der Waals surface area contributed by atoms with E-state index in [0.29, 0.717) is 0 Å². The van der Waals surface area contributed by atoms with Gasteiger partial charge >= 0.3 is 0 Å². The molecule has 5 nitrogen and oxygen atoms in total. The molecular formula is C21H25N3O2. The van der Waals surface area contributed by atoms with Crippen LogP contribution in [0.4, 0.5) is 17.1 Å². The first-order valence-corrected chi connectivity index (χ1v) is 8.91. The summed E-state index contributed by atoms with van der Waals surface area (Å²) in [4.78, 5) is 26.0. The quantitative estimate of drug-likeness (QED) is 0.884. The van der Waals surface area contributed by atoms with Crippen LogP contribution in [0.3, 0.4) is 0 Å². The van der Waals surface area contributed by atoms with Crippen LogP contribution in [0.25, 0.3) is 0 Å². The number of rotatable bonds is 4. The number of anilines is 3. The topological polar surface area (TPSA) is 61.4 Å². The molecule has 2 aromatic carbocycles. The van der Waals surface area contributed by atoms with Gasteiger partial charge in [0.15, 0.2) is 0 Å². The van der Waals surface area contributed by atoms with E-state index in [1.165, 1.54) is 0 Å². The van der Waals surface area contributed by atoms with E-state index >= 15 is 0 Å². The molecule has 2 aromatic rings. The van der Waals surface area contributed by atoms with Gasteiger partial charge < -0.3 is 15.5 Å². The van der Waals surface area contributed by atoms with Gasteiger partial charge in [0, 0.05) is 30.5 Å². The van der Waals surface area contributed by atoms with Crippen molar-refractivity contribution in [3.63, 3.8) is 0 Å². The number of carbonyl (C=O) groups is 2. The van der Waals surface area contributed by atoms with E-state index in [2.05, 4.69) is 10.6 Å². The Labute approximate surface area is 154 Å². The van der Waals surface area contributed by atoms with E-state index in [-0.39, 0.29) is 17.9 Å². The second kappa shape index (κ2) is 7.20. The summed E-state index contributed by atoms with van der Waals surface area (Å²) < 4.78 is 0. The average Bonchev–Trinajstić information content (AvgIpc) is 3.01. The Bertz CT molecular complexity index is 840. The first-order valence-electron chi connectivity index (χ1n) is 8.91. The number of carbonyl (C=O) groups excluding carboxylic acids is 2. The number of amides is 2. The van der Waals surface area contributed by atoms with E-state index in [1.54, 1.807) is 11.8 Å². The van der Waals surface area contributed by atoms with Gasteiger partial charge in [0.25, 0.3) is 0 Å². The van der Waals surface area contributed by atoms with Gasteiger partial charge in [-0.05, 0) is 62.1 Å². The number of benzene rings is 2. The van der Waals surface area contributed by atoms with Crippen LogP contribution in [0.5, 0.6) is 0 Å². The molecule has 1 aliphatic heterocycles. The molecule has 0 radical (unpaired) electrons. The van der Waals surface area contributed by atoms with Crippen LogP contribution < -0.4 is 15.5 Å². The summed E-state index contributed by atoms with van der Waals surface area (Å²) in [5.74, 6) is -0.0148. The number of nitrogens with zero attached hydrogens (tertiary/aromatic N) is 1. The van der Waals surface area contributed by atoms with Gasteiger partial charge in [-0.25, -0.2) is 0 Å². The van der Waals surface area contributed by atoms with E-state index in [4.69, 9.17) is 0 Å². The first kappa shape index (κ1) is 18.0. The fourth-order valence-corrected chi connectivity index (χ4v) is 3.38. The maximum atomic E-state index is 12.6. The van der Waals surface area contributed by atoms with Gasteiger partial charge in [-0.3, -0.25) is 9.59 Å². The molecule has 0 unspecified atom stereocenters. The highest BCUT2D eigenvalue weighted by molar-refractivity contribution is 5.98. The van der Waals surface area contributed by atoms with Gasteiger partial charge in [-0.1, -0.05) is 18.2 Å². The number of para-hydroxylation sites is 1.